The third-order valence-electron chi connectivity index (χ3n) is 4.03. The summed E-state index contributed by atoms with van der Waals surface area (Å²) in [6.45, 7) is -0.106. The number of aromatic nitrogens is 2. The summed E-state index contributed by atoms with van der Waals surface area (Å²) in [5.41, 5.74) is 4.23. The molecule has 0 radical (unpaired) electrons. The topological polar surface area (TPSA) is 46.8 Å². The SMILES string of the molecule is OCc1c(Oc2ccc3c(c2)CCC3)nc2ccccn12. The first kappa shape index (κ1) is 12.4. The number of ether oxygens (including phenoxy) is 1. The van der Waals surface area contributed by atoms with E-state index in [1.165, 1.54) is 17.5 Å². The molecule has 0 fully saturated rings. The highest BCUT2D eigenvalue weighted by Gasteiger charge is 2.15. The van der Waals surface area contributed by atoms with E-state index in [9.17, 15) is 5.11 Å². The summed E-state index contributed by atoms with van der Waals surface area (Å²) >= 11 is 0. The summed E-state index contributed by atoms with van der Waals surface area (Å²) in [4.78, 5) is 4.45. The number of imidazole rings is 1. The molecular weight excluding hydrogens is 264 g/mol. The molecule has 1 N–H and O–H groups in total. The van der Waals surface area contributed by atoms with Crippen molar-refractivity contribution in [3.05, 3.63) is 59.4 Å². The van der Waals surface area contributed by atoms with Gasteiger partial charge in [0.2, 0.25) is 5.88 Å². The molecule has 0 bridgehead atoms. The van der Waals surface area contributed by atoms with Crippen molar-refractivity contribution >= 4 is 5.65 Å². The van der Waals surface area contributed by atoms with E-state index in [0.29, 0.717) is 11.6 Å². The van der Waals surface area contributed by atoms with Gasteiger partial charge in [-0.2, -0.15) is 4.98 Å². The van der Waals surface area contributed by atoms with E-state index in [1.807, 2.05) is 34.9 Å². The molecule has 0 saturated carbocycles. The number of rotatable bonds is 3. The third-order valence-corrected chi connectivity index (χ3v) is 4.03. The molecule has 0 aliphatic heterocycles. The number of benzene rings is 1. The van der Waals surface area contributed by atoms with Gasteiger partial charge in [-0.15, -0.1) is 0 Å². The first-order valence-corrected chi connectivity index (χ1v) is 7.21. The number of aliphatic hydroxyl groups excluding tert-OH is 1. The second kappa shape index (κ2) is 4.90. The normalized spacial score (nSPS) is 13.6. The minimum absolute atomic E-state index is 0.106. The smallest absolute Gasteiger partial charge is 0.243 e. The molecule has 2 heterocycles. The molecule has 21 heavy (non-hydrogen) atoms. The van der Waals surface area contributed by atoms with Gasteiger partial charge in [-0.25, -0.2) is 0 Å². The monoisotopic (exact) mass is 280 g/mol. The predicted octanol–water partition coefficient (Wildman–Crippen LogP) is 3.11. The van der Waals surface area contributed by atoms with Crippen molar-refractivity contribution in [3.8, 4) is 11.6 Å². The van der Waals surface area contributed by atoms with E-state index in [4.69, 9.17) is 4.74 Å². The van der Waals surface area contributed by atoms with Gasteiger partial charge in [0, 0.05) is 6.20 Å². The van der Waals surface area contributed by atoms with Crippen LogP contribution in [0.15, 0.2) is 42.6 Å². The van der Waals surface area contributed by atoms with Crippen LogP contribution in [0.1, 0.15) is 23.2 Å². The Kier molecular flexibility index (Phi) is 2.89. The minimum atomic E-state index is -0.106. The van der Waals surface area contributed by atoms with Crippen molar-refractivity contribution in [2.75, 3.05) is 0 Å². The summed E-state index contributed by atoms with van der Waals surface area (Å²) in [5, 5.41) is 9.60. The van der Waals surface area contributed by atoms with E-state index in [0.717, 1.165) is 24.2 Å². The minimum Gasteiger partial charge on any atom is -0.437 e. The molecule has 0 atom stereocenters. The van der Waals surface area contributed by atoms with Crippen LogP contribution >= 0.6 is 0 Å². The largest absolute Gasteiger partial charge is 0.437 e. The molecule has 1 aliphatic carbocycles. The van der Waals surface area contributed by atoms with Crippen LogP contribution in [0.3, 0.4) is 0 Å². The molecule has 4 rings (SSSR count). The molecule has 0 saturated heterocycles. The average Bonchev–Trinajstić information content (AvgIpc) is 3.10. The van der Waals surface area contributed by atoms with E-state index >= 15 is 0 Å². The van der Waals surface area contributed by atoms with E-state index in [1.54, 1.807) is 0 Å². The van der Waals surface area contributed by atoms with Gasteiger partial charge >= 0.3 is 0 Å². The van der Waals surface area contributed by atoms with Crippen LogP contribution in [0.5, 0.6) is 11.6 Å². The molecule has 106 valence electrons. The maximum Gasteiger partial charge on any atom is 0.243 e. The Morgan fingerprint density at radius 3 is 2.95 bits per heavy atom. The number of hydrogen-bond donors (Lipinski definition) is 1. The average molecular weight is 280 g/mol. The van der Waals surface area contributed by atoms with Crippen molar-refractivity contribution < 1.29 is 9.84 Å². The molecule has 4 heteroatoms. The molecule has 1 aliphatic rings. The fourth-order valence-electron chi connectivity index (χ4n) is 2.97. The second-order valence-corrected chi connectivity index (χ2v) is 5.34. The Labute approximate surface area is 122 Å². The van der Waals surface area contributed by atoms with Gasteiger partial charge in [0.15, 0.2) is 0 Å². The standard InChI is InChI=1S/C17H16N2O2/c20-11-15-17(18-16-6-1-2-9-19(15)16)21-14-8-7-12-4-3-5-13(12)10-14/h1-2,6-10,20H,3-5,11H2. The predicted molar refractivity (Wildman–Crippen MR) is 79.7 cm³/mol. The summed E-state index contributed by atoms with van der Waals surface area (Å²) < 4.78 is 7.77. The van der Waals surface area contributed by atoms with Gasteiger partial charge in [0.05, 0.1) is 6.61 Å². The summed E-state index contributed by atoms with van der Waals surface area (Å²) in [7, 11) is 0. The van der Waals surface area contributed by atoms with Crippen LogP contribution < -0.4 is 4.74 Å². The second-order valence-electron chi connectivity index (χ2n) is 5.34. The molecule has 2 aromatic heterocycles. The van der Waals surface area contributed by atoms with Gasteiger partial charge < -0.3 is 9.84 Å². The van der Waals surface area contributed by atoms with Gasteiger partial charge in [-0.05, 0) is 54.7 Å². The zero-order valence-electron chi connectivity index (χ0n) is 11.6. The quantitative estimate of drug-likeness (QED) is 0.802. The lowest BCUT2D eigenvalue weighted by Crippen LogP contribution is -1.95. The third kappa shape index (κ3) is 2.08. The van der Waals surface area contributed by atoms with Crippen LogP contribution in [0.25, 0.3) is 5.65 Å². The van der Waals surface area contributed by atoms with Crippen molar-refractivity contribution in [2.45, 2.75) is 25.9 Å². The first-order valence-electron chi connectivity index (χ1n) is 7.21. The van der Waals surface area contributed by atoms with Crippen molar-refractivity contribution in [1.29, 1.82) is 0 Å². The van der Waals surface area contributed by atoms with E-state index in [2.05, 4.69) is 17.1 Å². The highest BCUT2D eigenvalue weighted by Crippen LogP contribution is 2.30. The molecule has 3 aromatic rings. The Morgan fingerprint density at radius 2 is 2.05 bits per heavy atom. The van der Waals surface area contributed by atoms with Crippen LogP contribution in [0.4, 0.5) is 0 Å². The lowest BCUT2D eigenvalue weighted by Gasteiger charge is -2.06. The highest BCUT2D eigenvalue weighted by atomic mass is 16.5. The zero-order valence-corrected chi connectivity index (χ0v) is 11.6. The first-order chi connectivity index (χ1) is 10.3. The Bertz CT molecular complexity index is 808. The van der Waals surface area contributed by atoms with E-state index in [-0.39, 0.29) is 6.61 Å². The fraction of sp³-hybridized carbons (Fsp3) is 0.235. The van der Waals surface area contributed by atoms with Gasteiger partial charge in [0.1, 0.15) is 17.1 Å². The molecule has 0 spiro atoms. The molecule has 4 nitrogen and oxygen atoms in total. The number of aryl methyl sites for hydroxylation is 2. The van der Waals surface area contributed by atoms with Crippen molar-refractivity contribution in [1.82, 2.24) is 9.38 Å². The lowest BCUT2D eigenvalue weighted by molar-refractivity contribution is 0.269. The Hall–Kier alpha value is -2.33. The van der Waals surface area contributed by atoms with Crippen molar-refractivity contribution in [3.63, 3.8) is 0 Å². The van der Waals surface area contributed by atoms with Crippen molar-refractivity contribution in [2.24, 2.45) is 0 Å². The Balaban J connectivity index is 1.74. The summed E-state index contributed by atoms with van der Waals surface area (Å²) in [5.74, 6) is 1.26. The van der Waals surface area contributed by atoms with Gasteiger partial charge in [-0.1, -0.05) is 12.1 Å². The number of pyridine rings is 1. The number of nitrogens with zero attached hydrogens (tertiary/aromatic N) is 2. The fourth-order valence-corrected chi connectivity index (χ4v) is 2.97. The maximum atomic E-state index is 9.60. The van der Waals surface area contributed by atoms with Crippen LogP contribution in [-0.4, -0.2) is 14.5 Å². The van der Waals surface area contributed by atoms with Crippen LogP contribution in [0, 0.1) is 0 Å². The van der Waals surface area contributed by atoms with Crippen LogP contribution in [-0.2, 0) is 19.4 Å². The van der Waals surface area contributed by atoms with Gasteiger partial charge in [-0.3, -0.25) is 4.40 Å². The summed E-state index contributed by atoms with van der Waals surface area (Å²) in [6.07, 6.45) is 5.37. The molecule has 1 aromatic carbocycles. The summed E-state index contributed by atoms with van der Waals surface area (Å²) in [6, 6.07) is 11.9. The molecular formula is C17H16N2O2. The number of aliphatic hydroxyl groups is 1. The number of fused-ring (bicyclic) bond motifs is 2. The zero-order chi connectivity index (χ0) is 14.2. The highest BCUT2D eigenvalue weighted by molar-refractivity contribution is 5.47. The van der Waals surface area contributed by atoms with E-state index < -0.39 is 0 Å². The Morgan fingerprint density at radius 1 is 1.14 bits per heavy atom. The van der Waals surface area contributed by atoms with Crippen LogP contribution in [0.2, 0.25) is 0 Å². The molecule has 0 amide bonds. The lowest BCUT2D eigenvalue weighted by atomic mass is 10.1. The van der Waals surface area contributed by atoms with Gasteiger partial charge in [0.25, 0.3) is 0 Å². The molecule has 0 unspecified atom stereocenters. The number of hydrogen-bond acceptors (Lipinski definition) is 3. The maximum absolute atomic E-state index is 9.60.